The maximum atomic E-state index is 11.9. The zero-order chi connectivity index (χ0) is 18.2. The van der Waals surface area contributed by atoms with E-state index in [4.69, 9.17) is 16.2 Å². The summed E-state index contributed by atoms with van der Waals surface area (Å²) in [5, 5.41) is 6.33. The first-order chi connectivity index (χ1) is 11.8. The lowest BCUT2D eigenvalue weighted by Crippen LogP contribution is -2.34. The molecule has 3 rings (SSSR count). The van der Waals surface area contributed by atoms with Gasteiger partial charge in [0.2, 0.25) is 5.91 Å². The summed E-state index contributed by atoms with van der Waals surface area (Å²) in [5.74, 6) is -0.0555. The van der Waals surface area contributed by atoms with E-state index in [0.717, 1.165) is 16.5 Å². The van der Waals surface area contributed by atoms with Gasteiger partial charge in [-0.1, -0.05) is 13.8 Å². The van der Waals surface area contributed by atoms with Crippen molar-refractivity contribution in [2.45, 2.75) is 26.8 Å². The van der Waals surface area contributed by atoms with Crippen LogP contribution in [0.3, 0.4) is 0 Å². The second kappa shape index (κ2) is 6.29. The standard InChI is InChI=1S/C17H22N6O2/c1-17(2,16(19)24)9-11-12-10-5-4-6-20-15(10)21-14(18)13(12)22-23(11)7-8-25-3/h4-6H,7-9H2,1-3H3,(H2,19,24)(H2,18,20,21). The van der Waals surface area contributed by atoms with Crippen molar-refractivity contribution in [3.05, 3.63) is 24.0 Å². The number of ether oxygens (including phenoxy) is 1. The highest BCUT2D eigenvalue weighted by Gasteiger charge is 2.29. The number of rotatable bonds is 6. The monoisotopic (exact) mass is 342 g/mol. The van der Waals surface area contributed by atoms with Crippen molar-refractivity contribution in [3.63, 3.8) is 0 Å². The fraction of sp³-hybridized carbons (Fsp3) is 0.412. The SMILES string of the molecule is COCCn1nc2c(N)nc3ncccc3c2c1CC(C)(C)C(N)=O. The third-order valence-corrected chi connectivity index (χ3v) is 4.37. The molecule has 0 spiro atoms. The molecule has 0 saturated heterocycles. The number of carbonyl (C=O) groups is 1. The predicted octanol–water partition coefficient (Wildman–Crippen LogP) is 1.26. The summed E-state index contributed by atoms with van der Waals surface area (Å²) < 4.78 is 7.00. The van der Waals surface area contributed by atoms with Crippen LogP contribution in [0.4, 0.5) is 5.82 Å². The fourth-order valence-corrected chi connectivity index (χ4v) is 2.86. The number of nitrogens with two attached hydrogens (primary N) is 2. The lowest BCUT2D eigenvalue weighted by Gasteiger charge is -2.21. The molecule has 132 valence electrons. The number of primary amides is 1. The fourth-order valence-electron chi connectivity index (χ4n) is 2.86. The van der Waals surface area contributed by atoms with Gasteiger partial charge in [0.1, 0.15) is 5.52 Å². The highest BCUT2D eigenvalue weighted by Crippen LogP contribution is 2.33. The Morgan fingerprint density at radius 1 is 1.40 bits per heavy atom. The van der Waals surface area contributed by atoms with Crippen LogP contribution in [0.25, 0.3) is 21.9 Å². The van der Waals surface area contributed by atoms with Gasteiger partial charge in [0.25, 0.3) is 0 Å². The van der Waals surface area contributed by atoms with E-state index in [0.29, 0.717) is 36.6 Å². The number of nitrogens with zero attached hydrogens (tertiary/aromatic N) is 4. The molecule has 0 bridgehead atoms. The Kier molecular flexibility index (Phi) is 4.30. The van der Waals surface area contributed by atoms with Gasteiger partial charge in [0.05, 0.1) is 13.2 Å². The molecule has 0 aliphatic heterocycles. The number of aromatic nitrogens is 4. The van der Waals surface area contributed by atoms with Gasteiger partial charge in [-0.2, -0.15) is 5.10 Å². The molecule has 4 N–H and O–H groups in total. The van der Waals surface area contributed by atoms with Crippen LogP contribution in [0, 0.1) is 5.41 Å². The van der Waals surface area contributed by atoms with Crippen LogP contribution in [0.5, 0.6) is 0 Å². The number of anilines is 1. The van der Waals surface area contributed by atoms with E-state index in [1.807, 2.05) is 30.7 Å². The number of carbonyl (C=O) groups excluding carboxylic acids is 1. The maximum absolute atomic E-state index is 11.9. The lowest BCUT2D eigenvalue weighted by atomic mass is 9.86. The minimum Gasteiger partial charge on any atom is -0.383 e. The molecule has 8 heteroatoms. The molecule has 3 aromatic heterocycles. The first-order valence-electron chi connectivity index (χ1n) is 8.03. The zero-order valence-electron chi connectivity index (χ0n) is 14.6. The Hall–Kier alpha value is -2.74. The molecule has 0 radical (unpaired) electrons. The largest absolute Gasteiger partial charge is 0.383 e. The van der Waals surface area contributed by atoms with Crippen LogP contribution in [0.2, 0.25) is 0 Å². The summed E-state index contributed by atoms with van der Waals surface area (Å²) in [5.41, 5.74) is 13.0. The minimum atomic E-state index is -0.732. The van der Waals surface area contributed by atoms with E-state index in [2.05, 4.69) is 15.1 Å². The van der Waals surface area contributed by atoms with Crippen molar-refractivity contribution in [2.75, 3.05) is 19.5 Å². The Morgan fingerprint density at radius 3 is 2.84 bits per heavy atom. The average Bonchev–Trinajstić information content (AvgIpc) is 2.92. The first kappa shape index (κ1) is 17.1. The number of nitrogen functional groups attached to an aromatic ring is 1. The minimum absolute atomic E-state index is 0.315. The van der Waals surface area contributed by atoms with Crippen molar-refractivity contribution in [2.24, 2.45) is 11.1 Å². The van der Waals surface area contributed by atoms with Gasteiger partial charge in [-0.15, -0.1) is 0 Å². The molecule has 25 heavy (non-hydrogen) atoms. The van der Waals surface area contributed by atoms with E-state index in [-0.39, 0.29) is 5.91 Å². The molecule has 0 fully saturated rings. The molecule has 0 saturated carbocycles. The van der Waals surface area contributed by atoms with Crippen LogP contribution in [0.1, 0.15) is 19.5 Å². The highest BCUT2D eigenvalue weighted by molar-refractivity contribution is 6.08. The van der Waals surface area contributed by atoms with Gasteiger partial charge in [-0.3, -0.25) is 9.48 Å². The van der Waals surface area contributed by atoms with Crippen LogP contribution < -0.4 is 11.5 Å². The molecule has 3 aromatic rings. The Labute approximate surface area is 145 Å². The number of amides is 1. The number of methoxy groups -OCH3 is 1. The second-order valence-corrected chi connectivity index (χ2v) is 6.68. The summed E-state index contributed by atoms with van der Waals surface area (Å²) >= 11 is 0. The molecular formula is C17H22N6O2. The van der Waals surface area contributed by atoms with E-state index in [9.17, 15) is 4.79 Å². The van der Waals surface area contributed by atoms with E-state index >= 15 is 0 Å². The van der Waals surface area contributed by atoms with E-state index in [1.54, 1.807) is 13.3 Å². The first-order valence-corrected chi connectivity index (χ1v) is 8.03. The van der Waals surface area contributed by atoms with Gasteiger partial charge in [-0.05, 0) is 12.1 Å². The van der Waals surface area contributed by atoms with E-state index < -0.39 is 5.41 Å². The van der Waals surface area contributed by atoms with Gasteiger partial charge in [-0.25, -0.2) is 9.97 Å². The molecule has 1 amide bonds. The highest BCUT2D eigenvalue weighted by atomic mass is 16.5. The average molecular weight is 342 g/mol. The molecule has 0 aromatic carbocycles. The van der Waals surface area contributed by atoms with Crippen LogP contribution in [0.15, 0.2) is 18.3 Å². The summed E-state index contributed by atoms with van der Waals surface area (Å²) in [4.78, 5) is 20.5. The van der Waals surface area contributed by atoms with E-state index in [1.165, 1.54) is 0 Å². The van der Waals surface area contributed by atoms with Crippen LogP contribution in [-0.4, -0.2) is 39.4 Å². The van der Waals surface area contributed by atoms with Crippen molar-refractivity contribution in [1.82, 2.24) is 19.7 Å². The topological polar surface area (TPSA) is 122 Å². The number of hydrogen-bond acceptors (Lipinski definition) is 6. The second-order valence-electron chi connectivity index (χ2n) is 6.68. The quantitative estimate of drug-likeness (QED) is 0.695. The third-order valence-electron chi connectivity index (χ3n) is 4.37. The lowest BCUT2D eigenvalue weighted by molar-refractivity contribution is -0.125. The Morgan fingerprint density at radius 2 is 2.16 bits per heavy atom. The van der Waals surface area contributed by atoms with Crippen LogP contribution in [-0.2, 0) is 22.5 Å². The summed E-state index contributed by atoms with van der Waals surface area (Å²) in [7, 11) is 1.63. The number of hydrogen-bond donors (Lipinski definition) is 2. The maximum Gasteiger partial charge on any atom is 0.223 e. The van der Waals surface area contributed by atoms with Gasteiger partial charge < -0.3 is 16.2 Å². The number of fused-ring (bicyclic) bond motifs is 3. The summed E-state index contributed by atoms with van der Waals surface area (Å²) in [6.07, 6.45) is 2.10. The molecule has 0 unspecified atom stereocenters. The van der Waals surface area contributed by atoms with Gasteiger partial charge in [0.15, 0.2) is 11.5 Å². The predicted molar refractivity (Wildman–Crippen MR) is 95.8 cm³/mol. The molecule has 3 heterocycles. The van der Waals surface area contributed by atoms with Gasteiger partial charge in [0, 0.05) is 41.6 Å². The third kappa shape index (κ3) is 3.00. The van der Waals surface area contributed by atoms with Crippen molar-refractivity contribution >= 4 is 33.7 Å². The molecule has 0 aliphatic carbocycles. The van der Waals surface area contributed by atoms with Crippen LogP contribution >= 0.6 is 0 Å². The number of pyridine rings is 2. The summed E-state index contributed by atoms with van der Waals surface area (Å²) in [6, 6.07) is 3.77. The molecule has 0 aliphatic rings. The smallest absolute Gasteiger partial charge is 0.223 e. The van der Waals surface area contributed by atoms with Gasteiger partial charge >= 0.3 is 0 Å². The molecule has 0 atom stereocenters. The Bertz CT molecular complexity index is 947. The van der Waals surface area contributed by atoms with Crippen molar-refractivity contribution in [1.29, 1.82) is 0 Å². The summed E-state index contributed by atoms with van der Waals surface area (Å²) in [6.45, 7) is 4.66. The Balaban J connectivity index is 2.31. The molecule has 8 nitrogen and oxygen atoms in total. The molecular weight excluding hydrogens is 320 g/mol. The van der Waals surface area contributed by atoms with Crippen molar-refractivity contribution < 1.29 is 9.53 Å². The van der Waals surface area contributed by atoms with Crippen molar-refractivity contribution in [3.8, 4) is 0 Å². The zero-order valence-corrected chi connectivity index (χ0v) is 14.6. The normalized spacial score (nSPS) is 12.1.